The van der Waals surface area contributed by atoms with Crippen LogP contribution in [0, 0.1) is 11.8 Å². The molecule has 1 aliphatic carbocycles. The van der Waals surface area contributed by atoms with Crippen molar-refractivity contribution in [3.05, 3.63) is 0 Å². The molecule has 20 heavy (non-hydrogen) atoms. The van der Waals surface area contributed by atoms with Crippen LogP contribution in [0.1, 0.15) is 12.8 Å². The number of hydrogen-bond acceptors (Lipinski definition) is 8. The Labute approximate surface area is 116 Å². The van der Waals surface area contributed by atoms with Crippen LogP contribution in [0.2, 0.25) is 0 Å². The van der Waals surface area contributed by atoms with E-state index in [1.54, 1.807) is 0 Å². The Hall–Kier alpha value is -0.320. The summed E-state index contributed by atoms with van der Waals surface area (Å²) in [6, 6.07) is 0. The molecule has 0 radical (unpaired) electrons. The van der Waals surface area contributed by atoms with Crippen molar-refractivity contribution >= 4 is 0 Å². The zero-order valence-electron chi connectivity index (χ0n) is 11.0. The van der Waals surface area contributed by atoms with Gasteiger partial charge in [0, 0.05) is 18.6 Å². The molecule has 8 atom stereocenters. The van der Waals surface area contributed by atoms with Crippen LogP contribution in [0.15, 0.2) is 0 Å². The molecule has 1 aliphatic rings. The highest BCUT2D eigenvalue weighted by Crippen LogP contribution is 2.35. The van der Waals surface area contributed by atoms with Gasteiger partial charge in [-0.3, -0.25) is 0 Å². The SMILES string of the molecule is [O-][C@H]([C@H](O)[C@@H](O)CO)[C@H](O)C[C@@H]1C[C@@H](O)[C@H](O)[C@H]1CO. The van der Waals surface area contributed by atoms with E-state index < -0.39 is 55.1 Å². The fourth-order valence-electron chi connectivity index (χ4n) is 2.72. The van der Waals surface area contributed by atoms with Crippen LogP contribution in [0.4, 0.5) is 0 Å². The topological polar surface area (TPSA) is 165 Å². The Bertz CT molecular complexity index is 289. The van der Waals surface area contributed by atoms with Crippen molar-refractivity contribution < 1.29 is 40.9 Å². The van der Waals surface area contributed by atoms with Crippen molar-refractivity contribution in [3.63, 3.8) is 0 Å². The summed E-state index contributed by atoms with van der Waals surface area (Å²) in [7, 11) is 0. The van der Waals surface area contributed by atoms with Crippen molar-refractivity contribution in [3.8, 4) is 0 Å². The molecule has 1 rings (SSSR count). The molecule has 0 aliphatic heterocycles. The second-order valence-electron chi connectivity index (χ2n) is 5.41. The van der Waals surface area contributed by atoms with Gasteiger partial charge in [0.2, 0.25) is 0 Å². The maximum Gasteiger partial charge on any atom is 0.102 e. The molecule has 0 saturated heterocycles. The maximum absolute atomic E-state index is 11.7. The van der Waals surface area contributed by atoms with Crippen LogP contribution in [0.25, 0.3) is 0 Å². The van der Waals surface area contributed by atoms with Gasteiger partial charge in [-0.05, 0) is 18.8 Å². The van der Waals surface area contributed by atoms with E-state index >= 15 is 0 Å². The van der Waals surface area contributed by atoms with E-state index in [0.717, 1.165) is 0 Å². The molecule has 8 nitrogen and oxygen atoms in total. The molecule has 0 unspecified atom stereocenters. The van der Waals surface area contributed by atoms with Gasteiger partial charge in [-0.25, -0.2) is 0 Å². The maximum atomic E-state index is 11.7. The lowest BCUT2D eigenvalue weighted by molar-refractivity contribution is -0.460. The number of aliphatic hydroxyl groups is 7. The minimum Gasteiger partial charge on any atom is -0.848 e. The van der Waals surface area contributed by atoms with Gasteiger partial charge >= 0.3 is 0 Å². The van der Waals surface area contributed by atoms with E-state index in [-0.39, 0.29) is 19.4 Å². The molecule has 8 heteroatoms. The van der Waals surface area contributed by atoms with Crippen molar-refractivity contribution in [2.45, 2.75) is 49.5 Å². The molecular formula is C12H23O8-. The number of aliphatic hydroxyl groups excluding tert-OH is 7. The van der Waals surface area contributed by atoms with Crippen LogP contribution in [0.3, 0.4) is 0 Å². The molecule has 1 fully saturated rings. The number of hydrogen-bond donors (Lipinski definition) is 7. The molecule has 0 heterocycles. The highest BCUT2D eigenvalue weighted by atomic mass is 16.4. The Balaban J connectivity index is 2.59. The van der Waals surface area contributed by atoms with Gasteiger partial charge in [-0.15, -0.1) is 0 Å². The summed E-state index contributed by atoms with van der Waals surface area (Å²) in [5.74, 6) is -1.11. The van der Waals surface area contributed by atoms with E-state index in [9.17, 15) is 25.5 Å². The summed E-state index contributed by atoms with van der Waals surface area (Å²) in [6.45, 7) is -1.19. The number of rotatable bonds is 7. The minimum absolute atomic E-state index is 0.122. The summed E-state index contributed by atoms with van der Waals surface area (Å²) in [4.78, 5) is 0. The van der Waals surface area contributed by atoms with Gasteiger partial charge in [-0.1, -0.05) is 6.10 Å². The predicted molar refractivity (Wildman–Crippen MR) is 64.2 cm³/mol. The Morgan fingerprint density at radius 1 is 1.05 bits per heavy atom. The quantitative estimate of drug-likeness (QED) is 0.247. The van der Waals surface area contributed by atoms with Gasteiger partial charge in [0.25, 0.3) is 0 Å². The van der Waals surface area contributed by atoms with Crippen LogP contribution >= 0.6 is 0 Å². The molecule has 0 aromatic heterocycles. The van der Waals surface area contributed by atoms with Crippen LogP contribution in [-0.4, -0.2) is 85.6 Å². The molecule has 120 valence electrons. The van der Waals surface area contributed by atoms with Gasteiger partial charge in [0.15, 0.2) is 0 Å². The Morgan fingerprint density at radius 3 is 2.15 bits per heavy atom. The minimum atomic E-state index is -1.92. The van der Waals surface area contributed by atoms with Gasteiger partial charge < -0.3 is 40.9 Å². The highest BCUT2D eigenvalue weighted by Gasteiger charge is 2.42. The molecule has 0 amide bonds. The predicted octanol–water partition coefficient (Wildman–Crippen LogP) is -4.47. The molecule has 0 bridgehead atoms. The molecular weight excluding hydrogens is 272 g/mol. The first-order valence-electron chi connectivity index (χ1n) is 6.61. The summed E-state index contributed by atoms with van der Waals surface area (Å²) in [6.07, 6.45) is -9.04. The third-order valence-electron chi connectivity index (χ3n) is 4.03. The van der Waals surface area contributed by atoms with E-state index in [0.29, 0.717) is 0 Å². The molecule has 0 aromatic rings. The molecule has 0 spiro atoms. The smallest absolute Gasteiger partial charge is 0.102 e. The van der Waals surface area contributed by atoms with Crippen molar-refractivity contribution in [2.75, 3.05) is 13.2 Å². The average Bonchev–Trinajstić information content (AvgIpc) is 2.70. The largest absolute Gasteiger partial charge is 0.848 e. The molecule has 7 N–H and O–H groups in total. The van der Waals surface area contributed by atoms with Gasteiger partial charge in [-0.2, -0.15) is 0 Å². The van der Waals surface area contributed by atoms with Crippen LogP contribution in [-0.2, 0) is 0 Å². The lowest BCUT2D eigenvalue weighted by Crippen LogP contribution is -2.54. The normalized spacial score (nSPS) is 36.6. The zero-order valence-corrected chi connectivity index (χ0v) is 11.0. The second-order valence-corrected chi connectivity index (χ2v) is 5.41. The first kappa shape index (κ1) is 17.7. The zero-order chi connectivity index (χ0) is 15.4. The van der Waals surface area contributed by atoms with Gasteiger partial charge in [0.05, 0.1) is 24.9 Å². The van der Waals surface area contributed by atoms with E-state index in [4.69, 9.17) is 15.3 Å². The van der Waals surface area contributed by atoms with Crippen molar-refractivity contribution in [2.24, 2.45) is 11.8 Å². The van der Waals surface area contributed by atoms with E-state index in [1.807, 2.05) is 0 Å². The summed E-state index contributed by atoms with van der Waals surface area (Å²) < 4.78 is 0. The lowest BCUT2D eigenvalue weighted by Gasteiger charge is -2.36. The van der Waals surface area contributed by atoms with Crippen LogP contribution in [0.5, 0.6) is 0 Å². The standard InChI is InChI=1S/C12H23O8/c13-3-6-5(1-7(15)10(6)18)2-8(16)11(19)12(20)9(17)4-14/h5-18,20H,1-4H2/q-1/t5-,6-,7+,8+,9-,10+,11-,12+/m0/s1. The fraction of sp³-hybridized carbons (Fsp3) is 1.00. The summed E-state index contributed by atoms with van der Waals surface area (Å²) >= 11 is 0. The van der Waals surface area contributed by atoms with Crippen molar-refractivity contribution in [1.29, 1.82) is 0 Å². The summed E-state index contributed by atoms with van der Waals surface area (Å²) in [5.41, 5.74) is 0. The first-order valence-corrected chi connectivity index (χ1v) is 6.61. The Morgan fingerprint density at radius 2 is 1.65 bits per heavy atom. The second kappa shape index (κ2) is 7.62. The first-order chi connectivity index (χ1) is 9.33. The third-order valence-corrected chi connectivity index (χ3v) is 4.03. The van der Waals surface area contributed by atoms with Crippen molar-refractivity contribution in [1.82, 2.24) is 0 Å². The highest BCUT2D eigenvalue weighted by molar-refractivity contribution is 4.93. The van der Waals surface area contributed by atoms with E-state index in [2.05, 4.69) is 0 Å². The van der Waals surface area contributed by atoms with E-state index in [1.165, 1.54) is 0 Å². The lowest BCUT2D eigenvalue weighted by atomic mass is 9.87. The monoisotopic (exact) mass is 295 g/mol. The molecule has 0 aromatic carbocycles. The Kier molecular flexibility index (Phi) is 6.76. The third kappa shape index (κ3) is 3.86. The average molecular weight is 295 g/mol. The molecule has 1 saturated carbocycles. The van der Waals surface area contributed by atoms with Crippen LogP contribution < -0.4 is 5.11 Å². The summed E-state index contributed by atoms with van der Waals surface area (Å²) in [5, 5.41) is 77.0. The fourth-order valence-corrected chi connectivity index (χ4v) is 2.72. The van der Waals surface area contributed by atoms with Gasteiger partial charge in [0.1, 0.15) is 6.10 Å².